The Balaban J connectivity index is 1.61. The zero-order chi connectivity index (χ0) is 19.4. The molecule has 0 aromatic heterocycles. The Hall–Kier alpha value is -1.62. The Morgan fingerprint density at radius 3 is 2.37 bits per heavy atom. The van der Waals surface area contributed by atoms with Gasteiger partial charge in [-0.3, -0.25) is 4.90 Å². The van der Waals surface area contributed by atoms with Crippen LogP contribution in [0.15, 0.2) is 48.5 Å². The lowest BCUT2D eigenvalue weighted by Gasteiger charge is -2.41. The quantitative estimate of drug-likeness (QED) is 0.784. The topological polar surface area (TPSA) is 26.7 Å². The number of halogens is 2. The van der Waals surface area contributed by atoms with E-state index in [1.165, 1.54) is 12.1 Å². The van der Waals surface area contributed by atoms with Crippen molar-refractivity contribution in [3.8, 4) is 0 Å². The van der Waals surface area contributed by atoms with E-state index in [1.807, 2.05) is 25.1 Å². The molecule has 2 atom stereocenters. The van der Waals surface area contributed by atoms with Gasteiger partial charge in [0, 0.05) is 49.4 Å². The second kappa shape index (κ2) is 8.59. The average Bonchev–Trinajstić information content (AvgIpc) is 2.68. The maximum Gasteiger partial charge on any atom is 0.123 e. The zero-order valence-electron chi connectivity index (χ0n) is 16.0. The molecule has 0 saturated carbocycles. The standard InChI is InChI=1S/C22H28ClFN2O/c1-3-22(27,18-7-9-20(24)10-8-18)17(2)16-25-11-13-26(14-12-25)21-6-4-5-19(23)15-21/h4-10,15,17,27H,3,11-14,16H2,1-2H3. The highest BCUT2D eigenvalue weighted by atomic mass is 35.5. The minimum absolute atomic E-state index is 0.0469. The van der Waals surface area contributed by atoms with Crippen molar-refractivity contribution in [2.75, 3.05) is 37.6 Å². The first-order valence-corrected chi connectivity index (χ1v) is 10.0. The maximum absolute atomic E-state index is 13.3. The summed E-state index contributed by atoms with van der Waals surface area (Å²) in [5.41, 5.74) is 1.00. The molecule has 0 aliphatic carbocycles. The third-order valence-electron chi connectivity index (χ3n) is 5.78. The van der Waals surface area contributed by atoms with Gasteiger partial charge in [0.05, 0.1) is 5.60 Å². The molecule has 1 saturated heterocycles. The molecule has 0 spiro atoms. The lowest BCUT2D eigenvalue weighted by atomic mass is 9.80. The highest BCUT2D eigenvalue weighted by Gasteiger charge is 2.35. The molecule has 0 bridgehead atoms. The molecule has 1 N–H and O–H groups in total. The van der Waals surface area contributed by atoms with Crippen molar-refractivity contribution >= 4 is 17.3 Å². The van der Waals surface area contributed by atoms with E-state index in [0.29, 0.717) is 6.42 Å². The Morgan fingerprint density at radius 1 is 1.11 bits per heavy atom. The third kappa shape index (κ3) is 4.63. The van der Waals surface area contributed by atoms with Gasteiger partial charge >= 0.3 is 0 Å². The van der Waals surface area contributed by atoms with E-state index < -0.39 is 5.60 Å². The molecule has 27 heavy (non-hydrogen) atoms. The van der Waals surface area contributed by atoms with Crippen LogP contribution in [-0.2, 0) is 5.60 Å². The Bertz CT molecular complexity index is 746. The van der Waals surface area contributed by atoms with Gasteiger partial charge in [-0.25, -0.2) is 4.39 Å². The van der Waals surface area contributed by atoms with Crippen LogP contribution in [-0.4, -0.2) is 42.7 Å². The Labute approximate surface area is 166 Å². The molecule has 2 aromatic rings. The second-order valence-electron chi connectivity index (χ2n) is 7.45. The molecule has 1 fully saturated rings. The lowest BCUT2D eigenvalue weighted by molar-refractivity contribution is -0.0340. The zero-order valence-corrected chi connectivity index (χ0v) is 16.8. The van der Waals surface area contributed by atoms with Crippen LogP contribution in [0.4, 0.5) is 10.1 Å². The molecule has 2 unspecified atom stereocenters. The van der Waals surface area contributed by atoms with Gasteiger partial charge in [0.25, 0.3) is 0 Å². The van der Waals surface area contributed by atoms with E-state index >= 15 is 0 Å². The summed E-state index contributed by atoms with van der Waals surface area (Å²) in [6, 6.07) is 14.2. The number of nitrogens with zero attached hydrogens (tertiary/aromatic N) is 2. The summed E-state index contributed by atoms with van der Waals surface area (Å²) in [6.07, 6.45) is 0.599. The molecular formula is C22H28ClFN2O. The normalized spacial score (nSPS) is 18.9. The third-order valence-corrected chi connectivity index (χ3v) is 6.01. The van der Waals surface area contributed by atoms with Crippen molar-refractivity contribution in [1.82, 2.24) is 4.90 Å². The number of hydrogen-bond donors (Lipinski definition) is 1. The summed E-state index contributed by atoms with van der Waals surface area (Å²) in [5, 5.41) is 12.0. The van der Waals surface area contributed by atoms with Gasteiger partial charge in [0.15, 0.2) is 0 Å². The maximum atomic E-state index is 13.3. The van der Waals surface area contributed by atoms with Crippen molar-refractivity contribution in [3.63, 3.8) is 0 Å². The van der Waals surface area contributed by atoms with Crippen LogP contribution in [0.3, 0.4) is 0 Å². The number of piperazine rings is 1. The number of benzene rings is 2. The smallest absolute Gasteiger partial charge is 0.123 e. The molecule has 3 rings (SSSR count). The molecule has 146 valence electrons. The molecule has 0 amide bonds. The number of hydrogen-bond acceptors (Lipinski definition) is 3. The fraction of sp³-hybridized carbons (Fsp3) is 0.455. The van der Waals surface area contributed by atoms with Crippen LogP contribution in [0, 0.1) is 11.7 Å². The van der Waals surface area contributed by atoms with Gasteiger partial charge < -0.3 is 10.0 Å². The molecule has 1 heterocycles. The van der Waals surface area contributed by atoms with Crippen molar-refractivity contribution in [3.05, 3.63) is 64.9 Å². The van der Waals surface area contributed by atoms with E-state index in [9.17, 15) is 9.50 Å². The van der Waals surface area contributed by atoms with E-state index in [-0.39, 0.29) is 11.7 Å². The highest BCUT2D eigenvalue weighted by molar-refractivity contribution is 6.30. The summed E-state index contributed by atoms with van der Waals surface area (Å²) >= 11 is 6.11. The summed E-state index contributed by atoms with van der Waals surface area (Å²) < 4.78 is 13.3. The van der Waals surface area contributed by atoms with Crippen LogP contribution in [0.5, 0.6) is 0 Å². The van der Waals surface area contributed by atoms with Crippen molar-refractivity contribution in [2.45, 2.75) is 25.9 Å². The van der Waals surface area contributed by atoms with E-state index in [0.717, 1.165) is 49.0 Å². The summed E-state index contributed by atoms with van der Waals surface area (Å²) in [5.74, 6) is -0.229. The van der Waals surface area contributed by atoms with Crippen LogP contribution in [0.25, 0.3) is 0 Å². The van der Waals surface area contributed by atoms with Crippen molar-refractivity contribution in [2.24, 2.45) is 5.92 Å². The van der Waals surface area contributed by atoms with Gasteiger partial charge in [0.2, 0.25) is 0 Å². The van der Waals surface area contributed by atoms with E-state index in [1.54, 1.807) is 12.1 Å². The molecule has 1 aliphatic heterocycles. The molecule has 5 heteroatoms. The summed E-state index contributed by atoms with van der Waals surface area (Å²) in [6.45, 7) is 8.64. The largest absolute Gasteiger partial charge is 0.385 e. The molecule has 0 radical (unpaired) electrons. The monoisotopic (exact) mass is 390 g/mol. The first kappa shape index (κ1) is 20.1. The van der Waals surface area contributed by atoms with Crippen LogP contribution < -0.4 is 4.90 Å². The Morgan fingerprint density at radius 2 is 1.78 bits per heavy atom. The fourth-order valence-electron chi connectivity index (χ4n) is 3.98. The second-order valence-corrected chi connectivity index (χ2v) is 7.89. The lowest BCUT2D eigenvalue weighted by Crippen LogP contribution is -2.50. The fourth-order valence-corrected chi connectivity index (χ4v) is 4.16. The minimum atomic E-state index is -0.947. The molecular weight excluding hydrogens is 363 g/mol. The predicted octanol–water partition coefficient (Wildman–Crippen LogP) is 4.54. The number of anilines is 1. The van der Waals surface area contributed by atoms with Crippen LogP contribution >= 0.6 is 11.6 Å². The molecule has 3 nitrogen and oxygen atoms in total. The van der Waals surface area contributed by atoms with E-state index in [4.69, 9.17) is 11.6 Å². The highest BCUT2D eigenvalue weighted by Crippen LogP contribution is 2.34. The molecule has 1 aliphatic rings. The van der Waals surface area contributed by atoms with Gasteiger partial charge in [-0.1, -0.05) is 43.6 Å². The summed E-state index contributed by atoms with van der Waals surface area (Å²) in [4.78, 5) is 4.74. The van der Waals surface area contributed by atoms with Gasteiger partial charge in [-0.15, -0.1) is 0 Å². The van der Waals surface area contributed by atoms with Gasteiger partial charge in [0.1, 0.15) is 5.82 Å². The number of rotatable bonds is 6. The summed E-state index contributed by atoms with van der Waals surface area (Å²) in [7, 11) is 0. The Kier molecular flexibility index (Phi) is 6.40. The minimum Gasteiger partial charge on any atom is -0.385 e. The SMILES string of the molecule is CCC(O)(c1ccc(F)cc1)C(C)CN1CCN(c2cccc(Cl)c2)CC1. The number of aliphatic hydroxyl groups is 1. The van der Waals surface area contributed by atoms with Gasteiger partial charge in [-0.05, 0) is 42.3 Å². The van der Waals surface area contributed by atoms with Crippen LogP contribution in [0.1, 0.15) is 25.8 Å². The first-order chi connectivity index (χ1) is 12.9. The average molecular weight is 391 g/mol. The predicted molar refractivity (Wildman–Crippen MR) is 110 cm³/mol. The molecule has 2 aromatic carbocycles. The van der Waals surface area contributed by atoms with Crippen molar-refractivity contribution in [1.29, 1.82) is 0 Å². The van der Waals surface area contributed by atoms with Gasteiger partial charge in [-0.2, -0.15) is 0 Å². The van der Waals surface area contributed by atoms with Crippen LogP contribution in [0.2, 0.25) is 5.02 Å². The van der Waals surface area contributed by atoms with E-state index in [2.05, 4.69) is 22.8 Å². The van der Waals surface area contributed by atoms with Crippen molar-refractivity contribution < 1.29 is 9.50 Å². The first-order valence-electron chi connectivity index (χ1n) is 9.63.